The molecule has 0 radical (unpaired) electrons. The van der Waals surface area contributed by atoms with Crippen LogP contribution in [0.4, 0.5) is 0 Å². The fourth-order valence-corrected chi connectivity index (χ4v) is 2.30. The van der Waals surface area contributed by atoms with Crippen molar-refractivity contribution in [3.8, 4) is 0 Å². The third-order valence-corrected chi connectivity index (χ3v) is 3.56. The highest BCUT2D eigenvalue weighted by Gasteiger charge is 2.55. The lowest BCUT2D eigenvalue weighted by molar-refractivity contribution is 0.185. The summed E-state index contributed by atoms with van der Waals surface area (Å²) in [5.41, 5.74) is 8.88. The van der Waals surface area contributed by atoms with Gasteiger partial charge in [-0.05, 0) is 16.5 Å². The number of ether oxygens (including phenoxy) is 1. The zero-order valence-electron chi connectivity index (χ0n) is 9.66. The summed E-state index contributed by atoms with van der Waals surface area (Å²) >= 11 is 0. The SMILES string of the molecule is COCc1ccc([C@@H]2[C@@H](N)C2(C)C)cc1. The van der Waals surface area contributed by atoms with Gasteiger partial charge in [-0.1, -0.05) is 38.1 Å². The maximum absolute atomic E-state index is 6.05. The Kier molecular flexibility index (Phi) is 2.57. The average molecular weight is 205 g/mol. The van der Waals surface area contributed by atoms with Gasteiger partial charge in [-0.3, -0.25) is 0 Å². The lowest BCUT2D eigenvalue weighted by Crippen LogP contribution is -2.06. The summed E-state index contributed by atoms with van der Waals surface area (Å²) in [4.78, 5) is 0. The van der Waals surface area contributed by atoms with Gasteiger partial charge in [0.25, 0.3) is 0 Å². The molecule has 2 rings (SSSR count). The van der Waals surface area contributed by atoms with Crippen molar-refractivity contribution in [2.75, 3.05) is 7.11 Å². The summed E-state index contributed by atoms with van der Waals surface area (Å²) in [5.74, 6) is 0.522. The first kappa shape index (κ1) is 10.7. The second-order valence-electron chi connectivity index (χ2n) is 5.00. The maximum Gasteiger partial charge on any atom is 0.0713 e. The van der Waals surface area contributed by atoms with Gasteiger partial charge in [0, 0.05) is 19.1 Å². The van der Waals surface area contributed by atoms with Gasteiger partial charge >= 0.3 is 0 Å². The normalized spacial score (nSPS) is 27.7. The topological polar surface area (TPSA) is 35.2 Å². The summed E-state index contributed by atoms with van der Waals surface area (Å²) in [7, 11) is 1.72. The summed E-state index contributed by atoms with van der Waals surface area (Å²) in [6, 6.07) is 8.91. The van der Waals surface area contributed by atoms with Gasteiger partial charge in [0.1, 0.15) is 0 Å². The molecule has 1 aliphatic carbocycles. The summed E-state index contributed by atoms with van der Waals surface area (Å²) in [5, 5.41) is 0. The van der Waals surface area contributed by atoms with Gasteiger partial charge in [0.05, 0.1) is 6.61 Å². The Morgan fingerprint density at radius 3 is 2.20 bits per heavy atom. The molecule has 2 heteroatoms. The lowest BCUT2D eigenvalue weighted by atomic mass is 10.0. The van der Waals surface area contributed by atoms with Crippen LogP contribution in [0.2, 0.25) is 0 Å². The molecule has 1 aromatic rings. The van der Waals surface area contributed by atoms with Crippen molar-refractivity contribution < 1.29 is 4.74 Å². The van der Waals surface area contributed by atoms with Gasteiger partial charge < -0.3 is 10.5 Å². The highest BCUT2D eigenvalue weighted by atomic mass is 16.5. The van der Waals surface area contributed by atoms with E-state index in [0.29, 0.717) is 18.6 Å². The quantitative estimate of drug-likeness (QED) is 0.821. The van der Waals surface area contributed by atoms with Crippen LogP contribution in [0.3, 0.4) is 0 Å². The number of methoxy groups -OCH3 is 1. The Balaban J connectivity index is 2.12. The minimum atomic E-state index is 0.267. The van der Waals surface area contributed by atoms with Crippen molar-refractivity contribution in [3.63, 3.8) is 0 Å². The van der Waals surface area contributed by atoms with E-state index < -0.39 is 0 Å². The summed E-state index contributed by atoms with van der Waals surface area (Å²) in [6.45, 7) is 5.14. The minimum Gasteiger partial charge on any atom is -0.380 e. The predicted molar refractivity (Wildman–Crippen MR) is 61.7 cm³/mol. The van der Waals surface area contributed by atoms with Gasteiger partial charge in [0.2, 0.25) is 0 Å². The van der Waals surface area contributed by atoms with Crippen molar-refractivity contribution in [2.45, 2.75) is 32.4 Å². The minimum absolute atomic E-state index is 0.267. The van der Waals surface area contributed by atoms with Crippen molar-refractivity contribution in [3.05, 3.63) is 35.4 Å². The Bertz CT molecular complexity index is 342. The highest BCUT2D eigenvalue weighted by molar-refractivity contribution is 5.35. The first-order valence-electron chi connectivity index (χ1n) is 5.40. The molecule has 1 saturated carbocycles. The number of hydrogen-bond acceptors (Lipinski definition) is 2. The molecule has 0 unspecified atom stereocenters. The Labute approximate surface area is 91.4 Å². The van der Waals surface area contributed by atoms with E-state index in [4.69, 9.17) is 10.5 Å². The molecule has 0 aliphatic heterocycles. The number of hydrogen-bond donors (Lipinski definition) is 1. The molecule has 2 N–H and O–H groups in total. The predicted octanol–water partition coefficient (Wildman–Crippen LogP) is 2.28. The molecule has 0 saturated heterocycles. The third kappa shape index (κ3) is 1.80. The second-order valence-corrected chi connectivity index (χ2v) is 5.00. The zero-order chi connectivity index (χ0) is 11.1. The molecule has 1 fully saturated rings. The van der Waals surface area contributed by atoms with Crippen LogP contribution in [-0.2, 0) is 11.3 Å². The van der Waals surface area contributed by atoms with Crippen LogP contribution in [-0.4, -0.2) is 13.2 Å². The highest BCUT2D eigenvalue weighted by Crippen LogP contribution is 2.57. The third-order valence-electron chi connectivity index (χ3n) is 3.56. The molecular formula is C13H19NO. The monoisotopic (exact) mass is 205 g/mol. The van der Waals surface area contributed by atoms with Crippen LogP contribution in [0.5, 0.6) is 0 Å². The molecule has 2 nitrogen and oxygen atoms in total. The van der Waals surface area contributed by atoms with E-state index in [1.165, 1.54) is 11.1 Å². The Morgan fingerprint density at radius 2 is 1.80 bits per heavy atom. The maximum atomic E-state index is 6.05. The van der Waals surface area contributed by atoms with E-state index in [9.17, 15) is 0 Å². The van der Waals surface area contributed by atoms with E-state index in [0.717, 1.165) is 0 Å². The summed E-state index contributed by atoms with van der Waals surface area (Å²) < 4.78 is 5.08. The molecule has 0 amide bonds. The van der Waals surface area contributed by atoms with Crippen molar-refractivity contribution in [1.82, 2.24) is 0 Å². The molecule has 0 spiro atoms. The van der Waals surface area contributed by atoms with E-state index in [-0.39, 0.29) is 5.41 Å². The van der Waals surface area contributed by atoms with Crippen molar-refractivity contribution >= 4 is 0 Å². The van der Waals surface area contributed by atoms with E-state index >= 15 is 0 Å². The molecule has 0 heterocycles. The van der Waals surface area contributed by atoms with E-state index in [1.54, 1.807) is 7.11 Å². The smallest absolute Gasteiger partial charge is 0.0713 e. The van der Waals surface area contributed by atoms with Crippen molar-refractivity contribution in [1.29, 1.82) is 0 Å². The van der Waals surface area contributed by atoms with Crippen LogP contribution in [0.1, 0.15) is 30.9 Å². The van der Waals surface area contributed by atoms with Gasteiger partial charge in [0.15, 0.2) is 0 Å². The largest absolute Gasteiger partial charge is 0.380 e. The van der Waals surface area contributed by atoms with Crippen LogP contribution in [0, 0.1) is 5.41 Å². The number of rotatable bonds is 3. The van der Waals surface area contributed by atoms with Gasteiger partial charge in [-0.15, -0.1) is 0 Å². The van der Waals surface area contributed by atoms with Crippen LogP contribution >= 0.6 is 0 Å². The Morgan fingerprint density at radius 1 is 1.27 bits per heavy atom. The lowest BCUT2D eigenvalue weighted by Gasteiger charge is -2.04. The molecule has 0 aromatic heterocycles. The second kappa shape index (κ2) is 3.62. The van der Waals surface area contributed by atoms with Gasteiger partial charge in [-0.2, -0.15) is 0 Å². The average Bonchev–Trinajstić information content (AvgIpc) is 2.69. The fourth-order valence-electron chi connectivity index (χ4n) is 2.30. The van der Waals surface area contributed by atoms with E-state index in [2.05, 4.69) is 38.1 Å². The van der Waals surface area contributed by atoms with Crippen LogP contribution in [0.25, 0.3) is 0 Å². The molecular weight excluding hydrogens is 186 g/mol. The molecule has 15 heavy (non-hydrogen) atoms. The van der Waals surface area contributed by atoms with Crippen LogP contribution < -0.4 is 5.73 Å². The standard InChI is InChI=1S/C13H19NO/c1-13(2)11(12(13)14)10-6-4-9(5-7-10)8-15-3/h4-7,11-12H,8,14H2,1-3H3/t11-,12-/m1/s1. The molecule has 1 aliphatic rings. The molecule has 1 aromatic carbocycles. The molecule has 2 atom stereocenters. The Hall–Kier alpha value is -0.860. The molecule has 82 valence electrons. The number of benzene rings is 1. The van der Waals surface area contributed by atoms with Crippen LogP contribution in [0.15, 0.2) is 24.3 Å². The first-order valence-corrected chi connectivity index (χ1v) is 5.40. The summed E-state index contributed by atoms with van der Waals surface area (Å²) in [6.07, 6.45) is 0. The van der Waals surface area contributed by atoms with Crippen molar-refractivity contribution in [2.24, 2.45) is 11.1 Å². The fraction of sp³-hybridized carbons (Fsp3) is 0.538. The first-order chi connectivity index (χ1) is 7.07. The zero-order valence-corrected chi connectivity index (χ0v) is 9.66. The number of nitrogens with two attached hydrogens (primary N) is 1. The van der Waals surface area contributed by atoms with E-state index in [1.807, 2.05) is 0 Å². The van der Waals surface area contributed by atoms with Gasteiger partial charge in [-0.25, -0.2) is 0 Å². The molecule has 0 bridgehead atoms.